The number of ether oxygens (including phenoxy) is 1. The minimum atomic E-state index is -0.115. The van der Waals surface area contributed by atoms with Crippen molar-refractivity contribution < 1.29 is 4.74 Å². The Hall–Kier alpha value is -2.93. The molecule has 3 heterocycles. The molecule has 4 aromatic rings. The van der Waals surface area contributed by atoms with Gasteiger partial charge >= 0.3 is 0 Å². The van der Waals surface area contributed by atoms with Gasteiger partial charge in [0.2, 0.25) is 0 Å². The number of halogens is 1. The molecule has 1 aliphatic rings. The van der Waals surface area contributed by atoms with Gasteiger partial charge in [-0.15, -0.1) is 0 Å². The van der Waals surface area contributed by atoms with E-state index in [0.717, 1.165) is 52.1 Å². The molecule has 0 spiro atoms. The van der Waals surface area contributed by atoms with Gasteiger partial charge in [0.1, 0.15) is 28.4 Å². The molecule has 3 aromatic heterocycles. The molecule has 0 aliphatic heterocycles. The number of aryl methyl sites for hydroxylation is 3. The minimum absolute atomic E-state index is 0.115. The Morgan fingerprint density at radius 3 is 2.89 bits per heavy atom. The second-order valence-corrected chi connectivity index (χ2v) is 7.16. The van der Waals surface area contributed by atoms with Gasteiger partial charge in [0.05, 0.1) is 36.0 Å². The zero-order chi connectivity index (χ0) is 18.5. The van der Waals surface area contributed by atoms with E-state index in [1.807, 2.05) is 37.1 Å². The molecule has 0 radical (unpaired) electrons. The fraction of sp³-hybridized carbons (Fsp3) is 0.263. The van der Waals surface area contributed by atoms with Crippen molar-refractivity contribution >= 4 is 22.5 Å². The molecule has 1 aromatic carbocycles. The highest BCUT2D eigenvalue weighted by Crippen LogP contribution is 2.36. The Bertz CT molecular complexity index is 1160. The summed E-state index contributed by atoms with van der Waals surface area (Å²) in [5.41, 5.74) is 4.74. The van der Waals surface area contributed by atoms with Crippen molar-refractivity contribution in [3.05, 3.63) is 59.0 Å². The Morgan fingerprint density at radius 1 is 1.19 bits per heavy atom. The first kappa shape index (κ1) is 16.3. The van der Waals surface area contributed by atoms with Gasteiger partial charge in [-0.2, -0.15) is 10.2 Å². The van der Waals surface area contributed by atoms with E-state index in [-0.39, 0.29) is 6.10 Å². The summed E-state index contributed by atoms with van der Waals surface area (Å²) in [7, 11) is 1.89. The van der Waals surface area contributed by atoms with E-state index in [2.05, 4.69) is 26.2 Å². The lowest BCUT2D eigenvalue weighted by molar-refractivity contribution is 0.202. The molecule has 0 amide bonds. The maximum absolute atomic E-state index is 6.34. The standard InChI is InChI=1S/C19H17ClN6O/c1-11-5-12-7-23-26(13-8-22-25(2)10-13)15(12)6-17(11)27-16-4-3-14-19(16)21-9-18(20)24-14/h5-10,16H,3-4H2,1-2H3. The topological polar surface area (TPSA) is 70.7 Å². The predicted molar refractivity (Wildman–Crippen MR) is 101 cm³/mol. The Balaban J connectivity index is 1.53. The van der Waals surface area contributed by atoms with E-state index in [0.29, 0.717) is 5.15 Å². The van der Waals surface area contributed by atoms with Crippen LogP contribution in [0.25, 0.3) is 16.6 Å². The van der Waals surface area contributed by atoms with E-state index in [1.54, 1.807) is 17.1 Å². The number of benzene rings is 1. The van der Waals surface area contributed by atoms with Crippen molar-refractivity contribution in [3.8, 4) is 11.4 Å². The van der Waals surface area contributed by atoms with E-state index in [9.17, 15) is 0 Å². The van der Waals surface area contributed by atoms with Crippen molar-refractivity contribution in [2.24, 2.45) is 7.05 Å². The van der Waals surface area contributed by atoms with Gasteiger partial charge in [-0.3, -0.25) is 9.67 Å². The van der Waals surface area contributed by atoms with Crippen LogP contribution in [0, 0.1) is 6.92 Å². The molecule has 136 valence electrons. The molecule has 0 fully saturated rings. The van der Waals surface area contributed by atoms with Gasteiger partial charge in [-0.1, -0.05) is 11.6 Å². The van der Waals surface area contributed by atoms with Crippen LogP contribution in [0.2, 0.25) is 5.15 Å². The average molecular weight is 381 g/mol. The Kier molecular flexibility index (Phi) is 3.65. The molecule has 0 bridgehead atoms. The first-order valence-electron chi connectivity index (χ1n) is 8.74. The first-order chi connectivity index (χ1) is 13.1. The van der Waals surface area contributed by atoms with Gasteiger partial charge in [0.15, 0.2) is 0 Å². The quantitative estimate of drug-likeness (QED) is 0.543. The molecule has 1 unspecified atom stereocenters. The second kappa shape index (κ2) is 6.06. The minimum Gasteiger partial charge on any atom is -0.484 e. The number of rotatable bonds is 3. The third-order valence-electron chi connectivity index (χ3n) is 4.87. The Labute approximate surface area is 160 Å². The van der Waals surface area contributed by atoms with Gasteiger partial charge in [0, 0.05) is 18.5 Å². The summed E-state index contributed by atoms with van der Waals surface area (Å²) in [6.45, 7) is 2.04. The fourth-order valence-corrected chi connectivity index (χ4v) is 3.71. The molecule has 1 aliphatic carbocycles. The smallest absolute Gasteiger partial charge is 0.147 e. The van der Waals surface area contributed by atoms with E-state index in [1.165, 1.54) is 0 Å². The van der Waals surface area contributed by atoms with Crippen LogP contribution in [0.15, 0.2) is 36.9 Å². The second-order valence-electron chi connectivity index (χ2n) is 6.77. The normalized spacial score (nSPS) is 16.0. The summed E-state index contributed by atoms with van der Waals surface area (Å²) in [5.74, 6) is 0.822. The summed E-state index contributed by atoms with van der Waals surface area (Å²) in [6, 6.07) is 4.12. The average Bonchev–Trinajstić information content (AvgIpc) is 3.34. The van der Waals surface area contributed by atoms with Crippen LogP contribution in [0.3, 0.4) is 0 Å². The molecule has 0 saturated heterocycles. The molecule has 1 atom stereocenters. The predicted octanol–water partition coefficient (Wildman–Crippen LogP) is 3.58. The summed E-state index contributed by atoms with van der Waals surface area (Å²) >= 11 is 5.96. The first-order valence-corrected chi connectivity index (χ1v) is 9.11. The third-order valence-corrected chi connectivity index (χ3v) is 5.05. The number of fused-ring (bicyclic) bond motifs is 2. The van der Waals surface area contributed by atoms with Crippen molar-refractivity contribution in [2.45, 2.75) is 25.9 Å². The highest BCUT2D eigenvalue weighted by Gasteiger charge is 2.28. The van der Waals surface area contributed by atoms with Crippen LogP contribution in [0.5, 0.6) is 5.75 Å². The Morgan fingerprint density at radius 2 is 2.07 bits per heavy atom. The summed E-state index contributed by atoms with van der Waals surface area (Å²) < 4.78 is 9.97. The molecule has 7 nitrogen and oxygen atoms in total. The highest BCUT2D eigenvalue weighted by atomic mass is 35.5. The fourth-order valence-electron chi connectivity index (χ4n) is 3.56. The maximum Gasteiger partial charge on any atom is 0.147 e. The van der Waals surface area contributed by atoms with Crippen molar-refractivity contribution in [1.82, 2.24) is 29.5 Å². The van der Waals surface area contributed by atoms with Gasteiger partial charge in [0.25, 0.3) is 0 Å². The lowest BCUT2D eigenvalue weighted by Gasteiger charge is -2.16. The summed E-state index contributed by atoms with van der Waals surface area (Å²) in [5, 5.41) is 10.2. The highest BCUT2D eigenvalue weighted by molar-refractivity contribution is 6.29. The molecule has 27 heavy (non-hydrogen) atoms. The largest absolute Gasteiger partial charge is 0.484 e. The summed E-state index contributed by atoms with van der Waals surface area (Å²) in [4.78, 5) is 8.80. The van der Waals surface area contributed by atoms with E-state index < -0.39 is 0 Å². The molecule has 0 saturated carbocycles. The van der Waals surface area contributed by atoms with Crippen LogP contribution in [0.1, 0.15) is 29.5 Å². The van der Waals surface area contributed by atoms with Crippen LogP contribution in [-0.2, 0) is 13.5 Å². The number of hydrogen-bond acceptors (Lipinski definition) is 5. The van der Waals surface area contributed by atoms with E-state index in [4.69, 9.17) is 16.3 Å². The van der Waals surface area contributed by atoms with Crippen molar-refractivity contribution in [3.63, 3.8) is 0 Å². The molecular weight excluding hydrogens is 364 g/mol. The van der Waals surface area contributed by atoms with Crippen molar-refractivity contribution in [1.29, 1.82) is 0 Å². The SMILES string of the molecule is Cc1cc2cnn(-c3cnn(C)c3)c2cc1OC1CCc2nc(Cl)cnc21. The number of aromatic nitrogens is 6. The number of hydrogen-bond donors (Lipinski definition) is 0. The zero-order valence-electron chi connectivity index (χ0n) is 14.9. The van der Waals surface area contributed by atoms with Crippen LogP contribution in [-0.4, -0.2) is 29.5 Å². The molecule has 5 rings (SSSR count). The lowest BCUT2D eigenvalue weighted by atomic mass is 10.1. The zero-order valence-corrected chi connectivity index (χ0v) is 15.7. The maximum atomic E-state index is 6.34. The van der Waals surface area contributed by atoms with E-state index >= 15 is 0 Å². The third kappa shape index (κ3) is 2.75. The lowest BCUT2D eigenvalue weighted by Crippen LogP contribution is -2.07. The van der Waals surface area contributed by atoms with Gasteiger partial charge in [-0.25, -0.2) is 9.67 Å². The van der Waals surface area contributed by atoms with Crippen molar-refractivity contribution in [2.75, 3.05) is 0 Å². The molecule has 0 N–H and O–H groups in total. The van der Waals surface area contributed by atoms with Gasteiger partial charge in [-0.05, 0) is 31.4 Å². The van der Waals surface area contributed by atoms with Crippen LogP contribution >= 0.6 is 11.6 Å². The molecular formula is C19H17ClN6O. The molecule has 8 heteroatoms. The van der Waals surface area contributed by atoms with Crippen LogP contribution in [0.4, 0.5) is 0 Å². The van der Waals surface area contributed by atoms with Crippen LogP contribution < -0.4 is 4.74 Å². The number of nitrogens with zero attached hydrogens (tertiary/aromatic N) is 6. The van der Waals surface area contributed by atoms with Gasteiger partial charge < -0.3 is 4.74 Å². The summed E-state index contributed by atoms with van der Waals surface area (Å²) in [6.07, 6.45) is 8.71. The monoisotopic (exact) mass is 380 g/mol.